The van der Waals surface area contributed by atoms with Crippen LogP contribution < -0.4 is 5.32 Å². The second kappa shape index (κ2) is 6.80. The third kappa shape index (κ3) is 4.30. The fourth-order valence-corrected chi connectivity index (χ4v) is 3.09. The standard InChI is InChI=1S/C16H18N2O4S/c1-12-6-8-15(9-7-12)23(21,22)18(2)11-16(20)17-13-4-3-5-14(19)10-13/h3-10,19H,11H2,1-2H3,(H,17,20). The van der Waals surface area contributed by atoms with Gasteiger partial charge in [0.15, 0.2) is 0 Å². The molecule has 0 aliphatic carbocycles. The highest BCUT2D eigenvalue weighted by Gasteiger charge is 2.22. The van der Waals surface area contributed by atoms with E-state index in [9.17, 15) is 18.3 Å². The van der Waals surface area contributed by atoms with E-state index in [4.69, 9.17) is 0 Å². The first-order valence-electron chi connectivity index (χ1n) is 6.91. The molecule has 2 rings (SSSR count). The Morgan fingerprint density at radius 1 is 1.17 bits per heavy atom. The second-order valence-corrected chi connectivity index (χ2v) is 7.22. The monoisotopic (exact) mass is 334 g/mol. The van der Waals surface area contributed by atoms with Gasteiger partial charge in [-0.25, -0.2) is 8.42 Å². The van der Waals surface area contributed by atoms with E-state index in [0.717, 1.165) is 9.87 Å². The van der Waals surface area contributed by atoms with Gasteiger partial charge in [-0.1, -0.05) is 23.8 Å². The molecule has 1 amide bonds. The molecule has 0 fully saturated rings. The maximum atomic E-state index is 12.4. The van der Waals surface area contributed by atoms with Crippen LogP contribution in [0.4, 0.5) is 5.69 Å². The number of aromatic hydroxyl groups is 1. The summed E-state index contributed by atoms with van der Waals surface area (Å²) in [5.74, 6) is -0.475. The third-order valence-electron chi connectivity index (χ3n) is 3.23. The van der Waals surface area contributed by atoms with Crippen molar-refractivity contribution in [1.82, 2.24) is 4.31 Å². The number of benzene rings is 2. The number of rotatable bonds is 5. The molecule has 0 aromatic heterocycles. The summed E-state index contributed by atoms with van der Waals surface area (Å²) in [6.07, 6.45) is 0. The molecule has 0 unspecified atom stereocenters. The maximum Gasteiger partial charge on any atom is 0.243 e. The van der Waals surface area contributed by atoms with Crippen LogP contribution in [-0.2, 0) is 14.8 Å². The fraction of sp³-hybridized carbons (Fsp3) is 0.188. The van der Waals surface area contributed by atoms with Gasteiger partial charge >= 0.3 is 0 Å². The molecule has 0 aliphatic rings. The summed E-state index contributed by atoms with van der Waals surface area (Å²) in [5.41, 5.74) is 1.35. The normalized spacial score (nSPS) is 11.4. The van der Waals surface area contributed by atoms with Gasteiger partial charge in [0, 0.05) is 18.8 Å². The molecule has 0 aliphatic heterocycles. The molecule has 2 aromatic carbocycles. The Labute approximate surface area is 135 Å². The summed E-state index contributed by atoms with van der Waals surface area (Å²) in [4.78, 5) is 12.1. The van der Waals surface area contributed by atoms with Crippen LogP contribution in [0.3, 0.4) is 0 Å². The van der Waals surface area contributed by atoms with Gasteiger partial charge < -0.3 is 10.4 Å². The lowest BCUT2D eigenvalue weighted by Crippen LogP contribution is -2.34. The molecular weight excluding hydrogens is 316 g/mol. The lowest BCUT2D eigenvalue weighted by Gasteiger charge is -2.17. The van der Waals surface area contributed by atoms with Crippen molar-refractivity contribution in [1.29, 1.82) is 0 Å². The zero-order valence-corrected chi connectivity index (χ0v) is 13.7. The molecule has 0 radical (unpaired) electrons. The highest BCUT2D eigenvalue weighted by molar-refractivity contribution is 7.89. The van der Waals surface area contributed by atoms with Gasteiger partial charge in [-0.2, -0.15) is 4.31 Å². The number of likely N-dealkylation sites (N-methyl/N-ethyl adjacent to an activating group) is 1. The number of nitrogens with one attached hydrogen (secondary N) is 1. The fourth-order valence-electron chi connectivity index (χ4n) is 1.96. The van der Waals surface area contributed by atoms with E-state index in [1.807, 2.05) is 6.92 Å². The lowest BCUT2D eigenvalue weighted by molar-refractivity contribution is -0.116. The summed E-state index contributed by atoms with van der Waals surface area (Å²) in [5, 5.41) is 11.9. The second-order valence-electron chi connectivity index (χ2n) is 5.17. The van der Waals surface area contributed by atoms with E-state index in [0.29, 0.717) is 5.69 Å². The number of phenolic OH excluding ortho intramolecular Hbond substituents is 1. The van der Waals surface area contributed by atoms with Crippen LogP contribution in [0.15, 0.2) is 53.4 Å². The Hall–Kier alpha value is -2.38. The SMILES string of the molecule is Cc1ccc(S(=O)(=O)N(C)CC(=O)Nc2cccc(O)c2)cc1. The smallest absolute Gasteiger partial charge is 0.243 e. The van der Waals surface area contributed by atoms with E-state index in [-0.39, 0.29) is 17.2 Å². The molecule has 0 saturated heterocycles. The number of carbonyl (C=O) groups is 1. The van der Waals surface area contributed by atoms with Crippen molar-refractivity contribution in [3.05, 3.63) is 54.1 Å². The predicted molar refractivity (Wildman–Crippen MR) is 87.7 cm³/mol. The van der Waals surface area contributed by atoms with E-state index in [1.54, 1.807) is 24.3 Å². The molecule has 0 spiro atoms. The van der Waals surface area contributed by atoms with Crippen LogP contribution in [0.5, 0.6) is 5.75 Å². The van der Waals surface area contributed by atoms with E-state index in [1.165, 1.54) is 31.3 Å². The van der Waals surface area contributed by atoms with Gasteiger partial charge in [-0.15, -0.1) is 0 Å². The number of hydrogen-bond acceptors (Lipinski definition) is 4. The molecular formula is C16H18N2O4S. The quantitative estimate of drug-likeness (QED) is 0.875. The van der Waals surface area contributed by atoms with Crippen LogP contribution in [0.2, 0.25) is 0 Å². The summed E-state index contributed by atoms with van der Waals surface area (Å²) in [6.45, 7) is 1.54. The molecule has 2 aromatic rings. The highest BCUT2D eigenvalue weighted by atomic mass is 32.2. The number of carbonyl (C=O) groups excluding carboxylic acids is 1. The Balaban J connectivity index is 2.06. The van der Waals surface area contributed by atoms with Crippen molar-refractivity contribution in [2.24, 2.45) is 0 Å². The van der Waals surface area contributed by atoms with E-state index >= 15 is 0 Å². The molecule has 23 heavy (non-hydrogen) atoms. The average Bonchev–Trinajstić information content (AvgIpc) is 2.47. The molecule has 2 N–H and O–H groups in total. The zero-order valence-electron chi connectivity index (χ0n) is 12.9. The third-order valence-corrected chi connectivity index (χ3v) is 5.04. The lowest BCUT2D eigenvalue weighted by atomic mass is 10.2. The molecule has 6 nitrogen and oxygen atoms in total. The minimum atomic E-state index is -3.73. The van der Waals surface area contributed by atoms with Crippen molar-refractivity contribution in [3.8, 4) is 5.75 Å². The topological polar surface area (TPSA) is 86.7 Å². The van der Waals surface area contributed by atoms with Crippen LogP contribution in [0.1, 0.15) is 5.56 Å². The Kier molecular flexibility index (Phi) is 5.02. The molecule has 0 saturated carbocycles. The van der Waals surface area contributed by atoms with Gasteiger partial charge in [0.25, 0.3) is 0 Å². The van der Waals surface area contributed by atoms with Crippen molar-refractivity contribution >= 4 is 21.6 Å². The van der Waals surface area contributed by atoms with Gasteiger partial charge in [-0.3, -0.25) is 4.79 Å². The first-order valence-corrected chi connectivity index (χ1v) is 8.35. The number of aryl methyl sites for hydroxylation is 1. The number of anilines is 1. The van der Waals surface area contributed by atoms with Gasteiger partial charge in [0.2, 0.25) is 15.9 Å². The Morgan fingerprint density at radius 2 is 1.83 bits per heavy atom. The Morgan fingerprint density at radius 3 is 2.43 bits per heavy atom. The molecule has 7 heteroatoms. The van der Waals surface area contributed by atoms with Crippen LogP contribution in [-0.4, -0.2) is 37.3 Å². The van der Waals surface area contributed by atoms with Crippen LogP contribution >= 0.6 is 0 Å². The average molecular weight is 334 g/mol. The van der Waals surface area contributed by atoms with Crippen LogP contribution in [0.25, 0.3) is 0 Å². The molecule has 0 bridgehead atoms. The van der Waals surface area contributed by atoms with Crippen molar-refractivity contribution in [2.75, 3.05) is 18.9 Å². The minimum Gasteiger partial charge on any atom is -0.508 e. The largest absolute Gasteiger partial charge is 0.508 e. The number of hydrogen-bond donors (Lipinski definition) is 2. The van der Waals surface area contributed by atoms with Crippen molar-refractivity contribution in [2.45, 2.75) is 11.8 Å². The van der Waals surface area contributed by atoms with E-state index < -0.39 is 15.9 Å². The number of nitrogens with zero attached hydrogens (tertiary/aromatic N) is 1. The zero-order chi connectivity index (χ0) is 17.0. The number of amides is 1. The molecule has 122 valence electrons. The number of sulfonamides is 1. The maximum absolute atomic E-state index is 12.4. The summed E-state index contributed by atoms with van der Waals surface area (Å²) in [7, 11) is -2.38. The van der Waals surface area contributed by atoms with Crippen molar-refractivity contribution < 1.29 is 18.3 Å². The predicted octanol–water partition coefficient (Wildman–Crippen LogP) is 1.96. The van der Waals surface area contributed by atoms with Crippen molar-refractivity contribution in [3.63, 3.8) is 0 Å². The molecule has 0 heterocycles. The number of phenols is 1. The van der Waals surface area contributed by atoms with Crippen LogP contribution in [0, 0.1) is 6.92 Å². The summed E-state index contributed by atoms with van der Waals surface area (Å²) < 4.78 is 25.8. The first kappa shape index (κ1) is 17.0. The Bertz CT molecular complexity index is 801. The van der Waals surface area contributed by atoms with Gasteiger partial charge in [0.1, 0.15) is 5.75 Å². The first-order chi connectivity index (χ1) is 10.8. The minimum absolute atomic E-state index is 0.0171. The molecule has 0 atom stereocenters. The summed E-state index contributed by atoms with van der Waals surface area (Å²) >= 11 is 0. The van der Waals surface area contributed by atoms with Gasteiger partial charge in [-0.05, 0) is 31.2 Å². The van der Waals surface area contributed by atoms with E-state index in [2.05, 4.69) is 5.32 Å². The highest BCUT2D eigenvalue weighted by Crippen LogP contribution is 2.17. The summed E-state index contributed by atoms with van der Waals surface area (Å²) in [6, 6.07) is 12.5. The van der Waals surface area contributed by atoms with Gasteiger partial charge in [0.05, 0.1) is 11.4 Å².